The van der Waals surface area contributed by atoms with Crippen molar-refractivity contribution in [2.45, 2.75) is 11.7 Å². The lowest BCUT2D eigenvalue weighted by Gasteiger charge is -2.26. The molecule has 0 spiro atoms. The molecule has 0 bridgehead atoms. The Bertz CT molecular complexity index is 1090. The fourth-order valence-corrected chi connectivity index (χ4v) is 2.84. The molecule has 0 aliphatic rings. The summed E-state index contributed by atoms with van der Waals surface area (Å²) in [6, 6.07) is 6.53. The van der Waals surface area contributed by atoms with Gasteiger partial charge in [0.05, 0.1) is 20.8 Å². The van der Waals surface area contributed by atoms with Crippen LogP contribution in [0.15, 0.2) is 42.5 Å². The molecule has 33 heavy (non-hydrogen) atoms. The monoisotopic (exact) mass is 460 g/mol. The van der Waals surface area contributed by atoms with Crippen molar-refractivity contribution >= 4 is 23.7 Å². The predicted molar refractivity (Wildman–Crippen MR) is 117 cm³/mol. The van der Waals surface area contributed by atoms with Crippen LogP contribution in [0.1, 0.15) is 11.1 Å². The Kier molecular flexibility index (Phi) is 8.19. The number of ketones is 2. The predicted octanol–water partition coefficient (Wildman–Crippen LogP) is 0.770. The molecule has 2 atom stereocenters. The van der Waals surface area contributed by atoms with Crippen LogP contribution in [0.25, 0.3) is 12.2 Å². The Balaban J connectivity index is 2.35. The third-order valence-electron chi connectivity index (χ3n) is 4.76. The highest BCUT2D eigenvalue weighted by Crippen LogP contribution is 2.36. The molecular weight excluding hydrogens is 436 g/mol. The Hall–Kier alpha value is -3.86. The van der Waals surface area contributed by atoms with Crippen LogP contribution in [0.3, 0.4) is 0 Å². The van der Waals surface area contributed by atoms with E-state index in [0.717, 1.165) is 24.3 Å². The molecular formula is C23H24O10. The zero-order valence-corrected chi connectivity index (χ0v) is 17.8. The number of methoxy groups -OCH3 is 2. The highest BCUT2D eigenvalue weighted by molar-refractivity contribution is 6.20. The quantitative estimate of drug-likeness (QED) is 0.169. The van der Waals surface area contributed by atoms with E-state index >= 15 is 0 Å². The van der Waals surface area contributed by atoms with Gasteiger partial charge in [-0.25, -0.2) is 0 Å². The number of carbonyl (C=O) groups is 2. The van der Waals surface area contributed by atoms with E-state index in [4.69, 9.17) is 9.47 Å². The van der Waals surface area contributed by atoms with Crippen molar-refractivity contribution in [3.05, 3.63) is 53.6 Å². The topological polar surface area (TPSA) is 174 Å². The van der Waals surface area contributed by atoms with Crippen molar-refractivity contribution in [1.29, 1.82) is 0 Å². The molecule has 0 aromatic heterocycles. The molecule has 6 N–H and O–H groups in total. The first-order chi connectivity index (χ1) is 15.6. The summed E-state index contributed by atoms with van der Waals surface area (Å²) < 4.78 is 9.86. The number of hydrogen-bond acceptors (Lipinski definition) is 10. The number of benzene rings is 2. The molecule has 0 saturated carbocycles. The fourth-order valence-electron chi connectivity index (χ4n) is 2.84. The van der Waals surface area contributed by atoms with Gasteiger partial charge in [-0.2, -0.15) is 0 Å². The molecule has 0 saturated heterocycles. The number of carbonyl (C=O) groups excluding carboxylic acids is 2. The van der Waals surface area contributed by atoms with Crippen molar-refractivity contribution in [1.82, 2.24) is 0 Å². The van der Waals surface area contributed by atoms with E-state index in [-0.39, 0.29) is 22.8 Å². The molecule has 0 heterocycles. The number of phenols is 3. The summed E-state index contributed by atoms with van der Waals surface area (Å²) in [5.41, 5.74) is -2.45. The van der Waals surface area contributed by atoms with Crippen LogP contribution in [0.2, 0.25) is 0 Å². The molecule has 0 aliphatic heterocycles. The standard InChI is InChI=1S/C23H24O10/c1-32-17-10-13(3-6-15(17)25)4-7-19(27)23(31,21(29)12-24)20(28)8-5-14-9-16(26)22(30)18(11-14)33-2/h3-11,21,24-26,29-31H,12H2,1-2H3. The van der Waals surface area contributed by atoms with Gasteiger partial charge in [-0.1, -0.05) is 18.2 Å². The molecule has 0 radical (unpaired) electrons. The van der Waals surface area contributed by atoms with Crippen molar-refractivity contribution in [3.8, 4) is 28.7 Å². The second-order valence-electron chi connectivity index (χ2n) is 6.88. The lowest BCUT2D eigenvalue weighted by Crippen LogP contribution is -2.56. The minimum absolute atomic E-state index is 0.0870. The third kappa shape index (κ3) is 5.50. The largest absolute Gasteiger partial charge is 0.504 e. The van der Waals surface area contributed by atoms with Gasteiger partial charge in [-0.05, 0) is 47.5 Å². The maximum absolute atomic E-state index is 12.7. The highest BCUT2D eigenvalue weighted by Gasteiger charge is 2.47. The molecule has 2 unspecified atom stereocenters. The van der Waals surface area contributed by atoms with Crippen molar-refractivity contribution in [3.63, 3.8) is 0 Å². The van der Waals surface area contributed by atoms with Gasteiger partial charge >= 0.3 is 0 Å². The molecule has 176 valence electrons. The second-order valence-corrected chi connectivity index (χ2v) is 6.88. The minimum Gasteiger partial charge on any atom is -0.504 e. The lowest BCUT2D eigenvalue weighted by atomic mass is 9.86. The average Bonchev–Trinajstić information content (AvgIpc) is 2.82. The molecule has 2 rings (SSSR count). The average molecular weight is 460 g/mol. The molecule has 0 fully saturated rings. The van der Waals surface area contributed by atoms with Gasteiger partial charge in [0, 0.05) is 0 Å². The van der Waals surface area contributed by atoms with E-state index in [2.05, 4.69) is 0 Å². The Labute approximate surface area is 188 Å². The van der Waals surface area contributed by atoms with Gasteiger partial charge in [0.1, 0.15) is 6.10 Å². The molecule has 2 aromatic rings. The first-order valence-electron chi connectivity index (χ1n) is 9.51. The first kappa shape index (κ1) is 25.4. The van der Waals surface area contributed by atoms with Crippen molar-refractivity contribution in [2.24, 2.45) is 0 Å². The van der Waals surface area contributed by atoms with Crippen LogP contribution in [0, 0.1) is 0 Å². The van der Waals surface area contributed by atoms with Crippen molar-refractivity contribution < 1.29 is 49.7 Å². The molecule has 0 aliphatic carbocycles. The summed E-state index contributed by atoms with van der Waals surface area (Å²) in [4.78, 5) is 25.4. The van der Waals surface area contributed by atoms with E-state index in [1.165, 1.54) is 44.6 Å². The maximum Gasteiger partial charge on any atom is 0.217 e. The van der Waals surface area contributed by atoms with E-state index in [9.17, 15) is 40.2 Å². The Morgan fingerprint density at radius 1 is 0.909 bits per heavy atom. The van der Waals surface area contributed by atoms with Gasteiger partial charge in [-0.3, -0.25) is 9.59 Å². The first-order valence-corrected chi connectivity index (χ1v) is 9.51. The molecule has 2 aromatic carbocycles. The summed E-state index contributed by atoms with van der Waals surface area (Å²) in [6.45, 7) is -1.09. The van der Waals surface area contributed by atoms with Gasteiger partial charge < -0.3 is 40.1 Å². The Morgan fingerprint density at radius 3 is 2.00 bits per heavy atom. The van der Waals surface area contributed by atoms with Crippen LogP contribution in [-0.2, 0) is 9.59 Å². The fraction of sp³-hybridized carbons (Fsp3) is 0.217. The van der Waals surface area contributed by atoms with Gasteiger partial charge in [0.25, 0.3) is 0 Å². The van der Waals surface area contributed by atoms with E-state index in [1.54, 1.807) is 0 Å². The maximum atomic E-state index is 12.7. The van der Waals surface area contributed by atoms with E-state index in [0.29, 0.717) is 5.56 Å². The van der Waals surface area contributed by atoms with Crippen LogP contribution in [0.5, 0.6) is 28.7 Å². The molecule has 10 nitrogen and oxygen atoms in total. The summed E-state index contributed by atoms with van der Waals surface area (Å²) in [7, 11) is 2.58. The minimum atomic E-state index is -3.01. The number of hydrogen-bond donors (Lipinski definition) is 6. The van der Waals surface area contributed by atoms with E-state index < -0.39 is 41.4 Å². The van der Waals surface area contributed by atoms with Crippen LogP contribution in [-0.4, -0.2) is 74.7 Å². The SMILES string of the molecule is COc1cc(C=CC(=O)C(O)(C(=O)C=Cc2cc(O)c(O)c(OC)c2)C(O)CO)ccc1O. The Morgan fingerprint density at radius 2 is 1.45 bits per heavy atom. The van der Waals surface area contributed by atoms with Gasteiger partial charge in [0.15, 0.2) is 34.6 Å². The van der Waals surface area contributed by atoms with Crippen LogP contribution < -0.4 is 9.47 Å². The summed E-state index contributed by atoms with van der Waals surface area (Å²) in [5.74, 6) is -3.59. The zero-order valence-electron chi connectivity index (χ0n) is 17.8. The van der Waals surface area contributed by atoms with Crippen LogP contribution in [0.4, 0.5) is 0 Å². The number of phenolic OH excluding ortho intramolecular Hbond substituents is 3. The second kappa shape index (κ2) is 10.6. The molecule has 0 amide bonds. The van der Waals surface area contributed by atoms with E-state index in [1.807, 2.05) is 0 Å². The van der Waals surface area contributed by atoms with Crippen LogP contribution >= 0.6 is 0 Å². The summed E-state index contributed by atoms with van der Waals surface area (Å²) >= 11 is 0. The number of ether oxygens (including phenoxy) is 2. The summed E-state index contributed by atoms with van der Waals surface area (Å²) in [5, 5.41) is 59.1. The smallest absolute Gasteiger partial charge is 0.217 e. The number of aliphatic hydroxyl groups is 3. The van der Waals surface area contributed by atoms with Crippen molar-refractivity contribution in [2.75, 3.05) is 20.8 Å². The summed E-state index contributed by atoms with van der Waals surface area (Å²) in [6.07, 6.45) is 1.81. The normalized spacial score (nSPS) is 14.2. The lowest BCUT2D eigenvalue weighted by molar-refractivity contribution is -0.159. The number of aliphatic hydroxyl groups excluding tert-OH is 2. The van der Waals surface area contributed by atoms with Gasteiger partial charge in [0.2, 0.25) is 11.4 Å². The molecule has 10 heteroatoms. The third-order valence-corrected chi connectivity index (χ3v) is 4.76. The number of aromatic hydroxyl groups is 3. The highest BCUT2D eigenvalue weighted by atomic mass is 16.5. The zero-order chi connectivity index (χ0) is 24.8. The van der Waals surface area contributed by atoms with Gasteiger partial charge in [-0.15, -0.1) is 0 Å². The number of rotatable bonds is 10.